The topological polar surface area (TPSA) is 85.9 Å². The van der Waals surface area contributed by atoms with Gasteiger partial charge in [-0.15, -0.1) is 10.2 Å². The number of anilines is 1. The first-order valence-corrected chi connectivity index (χ1v) is 4.68. The average Bonchev–Trinajstić information content (AvgIpc) is 1.86. The molecule has 11 heavy (non-hydrogen) atoms. The van der Waals surface area contributed by atoms with Crippen LogP contribution in [0.3, 0.4) is 0 Å². The lowest BCUT2D eigenvalue weighted by Crippen LogP contribution is -2.03. The Morgan fingerprint density at radius 3 is 2.36 bits per heavy atom. The smallest absolute Gasteiger partial charge is 0.194 e. The normalized spacial score (nSPS) is 11.4. The first-order valence-electron chi connectivity index (χ1n) is 2.79. The molecule has 6 heteroatoms. The van der Waals surface area contributed by atoms with E-state index in [1.54, 1.807) is 0 Å². The van der Waals surface area contributed by atoms with Gasteiger partial charge < -0.3 is 5.73 Å². The lowest BCUT2D eigenvalue weighted by atomic mass is 10.5. The van der Waals surface area contributed by atoms with Gasteiger partial charge in [0, 0.05) is 6.26 Å². The molecule has 1 rings (SSSR count). The molecule has 0 atom stereocenters. The summed E-state index contributed by atoms with van der Waals surface area (Å²) in [6, 6.07) is 2.71. The summed E-state index contributed by atoms with van der Waals surface area (Å²) >= 11 is 0. The molecule has 5 nitrogen and oxygen atoms in total. The molecule has 0 unspecified atom stereocenters. The van der Waals surface area contributed by atoms with Crippen molar-refractivity contribution < 1.29 is 8.42 Å². The Balaban J connectivity index is 3.20. The fourth-order valence-electron chi connectivity index (χ4n) is 0.528. The van der Waals surface area contributed by atoms with Crippen LogP contribution < -0.4 is 5.73 Å². The summed E-state index contributed by atoms with van der Waals surface area (Å²) in [6.45, 7) is 0. The van der Waals surface area contributed by atoms with Crippen LogP contribution in [0.2, 0.25) is 0 Å². The van der Waals surface area contributed by atoms with Crippen LogP contribution in [-0.4, -0.2) is 24.9 Å². The molecule has 0 saturated carbocycles. The summed E-state index contributed by atoms with van der Waals surface area (Å²) < 4.78 is 21.6. The fraction of sp³-hybridized carbons (Fsp3) is 0.200. The van der Waals surface area contributed by atoms with Gasteiger partial charge in [-0.3, -0.25) is 0 Å². The number of sulfone groups is 1. The van der Waals surface area contributed by atoms with Crippen LogP contribution in [0.1, 0.15) is 0 Å². The molecule has 0 amide bonds. The van der Waals surface area contributed by atoms with Crippen molar-refractivity contribution in [2.75, 3.05) is 12.0 Å². The van der Waals surface area contributed by atoms with E-state index in [0.717, 1.165) is 6.26 Å². The van der Waals surface area contributed by atoms with E-state index in [9.17, 15) is 8.42 Å². The second kappa shape index (κ2) is 2.46. The second-order valence-electron chi connectivity index (χ2n) is 2.07. The highest BCUT2D eigenvalue weighted by atomic mass is 32.2. The minimum Gasteiger partial charge on any atom is -0.382 e. The lowest BCUT2D eigenvalue weighted by molar-refractivity contribution is 0.596. The zero-order valence-corrected chi connectivity index (χ0v) is 6.67. The molecule has 0 fully saturated rings. The molecule has 0 bridgehead atoms. The van der Waals surface area contributed by atoms with Crippen LogP contribution >= 0.6 is 0 Å². The minimum absolute atomic E-state index is 0.0632. The second-order valence-corrected chi connectivity index (χ2v) is 4.03. The Labute approximate surface area is 64.2 Å². The Hall–Kier alpha value is -1.17. The van der Waals surface area contributed by atoms with Gasteiger partial charge in [0.15, 0.2) is 14.9 Å². The van der Waals surface area contributed by atoms with Crippen molar-refractivity contribution in [1.29, 1.82) is 0 Å². The SMILES string of the molecule is CS(=O)(=O)c1ccc(N)nn1. The number of nitrogens with zero attached hydrogens (tertiary/aromatic N) is 2. The maximum atomic E-state index is 10.8. The molecule has 1 heterocycles. The Morgan fingerprint density at radius 1 is 1.36 bits per heavy atom. The molecule has 0 aliphatic heterocycles. The maximum Gasteiger partial charge on any atom is 0.194 e. The molecule has 0 aliphatic carbocycles. The van der Waals surface area contributed by atoms with Gasteiger partial charge in [0.2, 0.25) is 0 Å². The Morgan fingerprint density at radius 2 is 2.00 bits per heavy atom. The lowest BCUT2D eigenvalue weighted by Gasteiger charge is -1.94. The van der Waals surface area contributed by atoms with Crippen LogP contribution in [0.25, 0.3) is 0 Å². The molecular weight excluding hydrogens is 166 g/mol. The number of rotatable bonds is 1. The molecular formula is C5H7N3O2S. The third kappa shape index (κ3) is 1.87. The van der Waals surface area contributed by atoms with E-state index >= 15 is 0 Å². The van der Waals surface area contributed by atoms with Crippen LogP contribution in [0.15, 0.2) is 17.2 Å². The molecule has 0 aromatic carbocycles. The van der Waals surface area contributed by atoms with E-state index in [1.807, 2.05) is 0 Å². The van der Waals surface area contributed by atoms with Crippen molar-refractivity contribution >= 4 is 15.7 Å². The predicted octanol–water partition coefficient (Wildman–Crippen LogP) is -0.538. The highest BCUT2D eigenvalue weighted by Gasteiger charge is 2.07. The minimum atomic E-state index is -3.25. The van der Waals surface area contributed by atoms with Crippen molar-refractivity contribution in [1.82, 2.24) is 10.2 Å². The van der Waals surface area contributed by atoms with Gasteiger partial charge in [0.1, 0.15) is 5.82 Å². The molecule has 0 spiro atoms. The summed E-state index contributed by atoms with van der Waals surface area (Å²) in [7, 11) is -3.25. The van der Waals surface area contributed by atoms with Gasteiger partial charge in [-0.05, 0) is 12.1 Å². The average molecular weight is 173 g/mol. The van der Waals surface area contributed by atoms with E-state index in [-0.39, 0.29) is 10.8 Å². The molecule has 0 radical (unpaired) electrons. The van der Waals surface area contributed by atoms with E-state index in [2.05, 4.69) is 10.2 Å². The number of nitrogens with two attached hydrogens (primary N) is 1. The van der Waals surface area contributed by atoms with Crippen molar-refractivity contribution in [2.24, 2.45) is 0 Å². The summed E-state index contributed by atoms with van der Waals surface area (Å²) in [5, 5.41) is 6.72. The van der Waals surface area contributed by atoms with E-state index in [4.69, 9.17) is 5.73 Å². The van der Waals surface area contributed by atoms with Gasteiger partial charge in [-0.2, -0.15) is 0 Å². The zero-order valence-electron chi connectivity index (χ0n) is 5.85. The molecule has 0 saturated heterocycles. The summed E-state index contributed by atoms with van der Waals surface area (Å²) in [6.07, 6.45) is 1.06. The molecule has 1 aromatic heterocycles. The maximum absolute atomic E-state index is 10.8. The van der Waals surface area contributed by atoms with Crippen LogP contribution in [0, 0.1) is 0 Å². The molecule has 2 N–H and O–H groups in total. The third-order valence-electron chi connectivity index (χ3n) is 1.04. The third-order valence-corrected chi connectivity index (χ3v) is 2.02. The largest absolute Gasteiger partial charge is 0.382 e. The predicted molar refractivity (Wildman–Crippen MR) is 39.6 cm³/mol. The monoisotopic (exact) mass is 173 g/mol. The van der Waals surface area contributed by atoms with E-state index in [0.29, 0.717) is 0 Å². The fourth-order valence-corrected chi connectivity index (χ4v) is 1.03. The van der Waals surface area contributed by atoms with E-state index < -0.39 is 9.84 Å². The quantitative estimate of drug-likeness (QED) is 0.616. The van der Waals surface area contributed by atoms with Crippen LogP contribution in [-0.2, 0) is 9.84 Å². The van der Waals surface area contributed by atoms with Crippen LogP contribution in [0.4, 0.5) is 5.82 Å². The summed E-state index contributed by atoms with van der Waals surface area (Å²) in [5.41, 5.74) is 5.20. The highest BCUT2D eigenvalue weighted by Crippen LogP contribution is 2.03. The van der Waals surface area contributed by atoms with Gasteiger partial charge >= 0.3 is 0 Å². The van der Waals surface area contributed by atoms with Gasteiger partial charge in [-0.25, -0.2) is 8.42 Å². The Bertz CT molecular complexity index is 342. The van der Waals surface area contributed by atoms with Crippen molar-refractivity contribution in [2.45, 2.75) is 5.03 Å². The summed E-state index contributed by atoms with van der Waals surface area (Å²) in [5.74, 6) is 0.206. The van der Waals surface area contributed by atoms with Crippen molar-refractivity contribution in [3.63, 3.8) is 0 Å². The number of aromatic nitrogens is 2. The number of hydrogen-bond donors (Lipinski definition) is 1. The standard InChI is InChI=1S/C5H7N3O2S/c1-11(9,10)5-3-2-4(6)7-8-5/h2-3H,1H3,(H2,6,7). The molecule has 1 aromatic rings. The van der Waals surface area contributed by atoms with Gasteiger partial charge in [0.25, 0.3) is 0 Å². The molecule has 0 aliphatic rings. The number of hydrogen-bond acceptors (Lipinski definition) is 5. The highest BCUT2D eigenvalue weighted by molar-refractivity contribution is 7.90. The van der Waals surface area contributed by atoms with Gasteiger partial charge in [0.05, 0.1) is 0 Å². The first kappa shape index (κ1) is 7.93. The Kier molecular flexibility index (Phi) is 1.77. The van der Waals surface area contributed by atoms with Crippen molar-refractivity contribution in [3.05, 3.63) is 12.1 Å². The summed E-state index contributed by atoms with van der Waals surface area (Å²) in [4.78, 5) is 0. The first-order chi connectivity index (χ1) is 5.00. The van der Waals surface area contributed by atoms with E-state index in [1.165, 1.54) is 12.1 Å². The van der Waals surface area contributed by atoms with Crippen LogP contribution in [0.5, 0.6) is 0 Å². The number of nitrogen functional groups attached to an aromatic ring is 1. The van der Waals surface area contributed by atoms with Crippen molar-refractivity contribution in [3.8, 4) is 0 Å². The molecule has 60 valence electrons. The zero-order chi connectivity index (χ0) is 8.48. The van der Waals surface area contributed by atoms with Gasteiger partial charge in [-0.1, -0.05) is 0 Å².